The van der Waals surface area contributed by atoms with Gasteiger partial charge in [0.05, 0.1) is 16.2 Å². The SMILES string of the molecule is N#Cc1cc([N+](=O)[O-])ccc1NCC1(c2ccc(Cl)cc2)CCOCC1. The highest BCUT2D eigenvalue weighted by molar-refractivity contribution is 6.30. The summed E-state index contributed by atoms with van der Waals surface area (Å²) in [7, 11) is 0. The molecule has 1 aliphatic rings. The first-order chi connectivity index (χ1) is 12.5. The molecule has 1 saturated heterocycles. The van der Waals surface area contributed by atoms with Gasteiger partial charge in [-0.25, -0.2) is 0 Å². The monoisotopic (exact) mass is 371 g/mol. The van der Waals surface area contributed by atoms with Crippen LogP contribution in [0.1, 0.15) is 24.0 Å². The second-order valence-corrected chi connectivity index (χ2v) is 6.79. The summed E-state index contributed by atoms with van der Waals surface area (Å²) in [5.41, 5.74) is 1.79. The van der Waals surface area contributed by atoms with E-state index in [2.05, 4.69) is 5.32 Å². The Morgan fingerprint density at radius 2 is 1.92 bits per heavy atom. The average molecular weight is 372 g/mol. The molecule has 1 fully saturated rings. The molecule has 0 unspecified atom stereocenters. The Hall–Kier alpha value is -2.62. The van der Waals surface area contributed by atoms with Crippen LogP contribution in [0.15, 0.2) is 42.5 Å². The fourth-order valence-electron chi connectivity index (χ4n) is 3.29. The van der Waals surface area contributed by atoms with Crippen LogP contribution in [0.4, 0.5) is 11.4 Å². The van der Waals surface area contributed by atoms with Crippen molar-refractivity contribution in [1.82, 2.24) is 0 Å². The first kappa shape index (κ1) is 18.2. The molecule has 0 radical (unpaired) electrons. The van der Waals surface area contributed by atoms with Crippen molar-refractivity contribution in [2.75, 3.05) is 25.1 Å². The third-order valence-electron chi connectivity index (χ3n) is 4.86. The number of nitro benzene ring substituents is 1. The fourth-order valence-corrected chi connectivity index (χ4v) is 3.42. The molecule has 1 N–H and O–H groups in total. The summed E-state index contributed by atoms with van der Waals surface area (Å²) in [4.78, 5) is 10.4. The predicted molar refractivity (Wildman–Crippen MR) is 99.5 cm³/mol. The summed E-state index contributed by atoms with van der Waals surface area (Å²) in [6.07, 6.45) is 1.69. The van der Waals surface area contributed by atoms with Crippen LogP contribution in [-0.2, 0) is 10.2 Å². The molecular formula is C19H18ClN3O3. The molecule has 3 rings (SSSR count). The molecule has 0 bridgehead atoms. The number of nitrogens with one attached hydrogen (secondary N) is 1. The van der Waals surface area contributed by atoms with Gasteiger partial charge in [0.1, 0.15) is 6.07 Å². The Bertz CT molecular complexity index is 840. The number of halogens is 1. The van der Waals surface area contributed by atoms with Gasteiger partial charge in [-0.1, -0.05) is 23.7 Å². The minimum Gasteiger partial charge on any atom is -0.383 e. The molecule has 2 aromatic rings. The summed E-state index contributed by atoms with van der Waals surface area (Å²) >= 11 is 6.02. The van der Waals surface area contributed by atoms with E-state index in [-0.39, 0.29) is 16.7 Å². The predicted octanol–water partition coefficient (Wildman–Crippen LogP) is 4.28. The topological polar surface area (TPSA) is 88.2 Å². The zero-order valence-electron chi connectivity index (χ0n) is 14.1. The number of rotatable bonds is 5. The van der Waals surface area contributed by atoms with Gasteiger partial charge in [-0.05, 0) is 36.6 Å². The minimum absolute atomic E-state index is 0.0921. The number of nitro groups is 1. The zero-order valence-corrected chi connectivity index (χ0v) is 14.8. The first-order valence-corrected chi connectivity index (χ1v) is 8.68. The van der Waals surface area contributed by atoms with Crippen molar-refractivity contribution in [2.45, 2.75) is 18.3 Å². The zero-order chi connectivity index (χ0) is 18.6. The molecule has 1 heterocycles. The maximum absolute atomic E-state index is 10.9. The molecule has 0 atom stereocenters. The molecule has 134 valence electrons. The highest BCUT2D eigenvalue weighted by Gasteiger charge is 2.34. The van der Waals surface area contributed by atoms with Gasteiger partial charge in [0.2, 0.25) is 0 Å². The molecule has 1 aliphatic heterocycles. The lowest BCUT2D eigenvalue weighted by molar-refractivity contribution is -0.384. The average Bonchev–Trinajstić information content (AvgIpc) is 2.67. The van der Waals surface area contributed by atoms with Crippen molar-refractivity contribution in [3.63, 3.8) is 0 Å². The summed E-state index contributed by atoms with van der Waals surface area (Å²) < 4.78 is 5.53. The first-order valence-electron chi connectivity index (χ1n) is 8.30. The van der Waals surface area contributed by atoms with E-state index in [4.69, 9.17) is 16.3 Å². The number of non-ortho nitro benzene ring substituents is 1. The molecule has 26 heavy (non-hydrogen) atoms. The molecule has 0 spiro atoms. The number of hydrogen-bond donors (Lipinski definition) is 1. The molecule has 0 aromatic heterocycles. The summed E-state index contributed by atoms with van der Waals surface area (Å²) in [5, 5.41) is 24.2. The van der Waals surface area contributed by atoms with Crippen LogP contribution >= 0.6 is 11.6 Å². The normalized spacial score (nSPS) is 15.8. The van der Waals surface area contributed by atoms with Crippen LogP contribution < -0.4 is 5.32 Å². The van der Waals surface area contributed by atoms with Crippen molar-refractivity contribution >= 4 is 23.0 Å². The third kappa shape index (κ3) is 3.79. The van der Waals surface area contributed by atoms with Crippen LogP contribution in [0.3, 0.4) is 0 Å². The van der Waals surface area contributed by atoms with Crippen LogP contribution in [0.2, 0.25) is 5.02 Å². The smallest absolute Gasteiger partial charge is 0.270 e. The van der Waals surface area contributed by atoms with Gasteiger partial charge >= 0.3 is 0 Å². The Balaban J connectivity index is 1.86. The van der Waals surface area contributed by atoms with Crippen molar-refractivity contribution in [3.8, 4) is 6.07 Å². The van der Waals surface area contributed by atoms with Crippen molar-refractivity contribution in [1.29, 1.82) is 5.26 Å². The number of nitrogens with zero attached hydrogens (tertiary/aromatic N) is 2. The number of hydrogen-bond acceptors (Lipinski definition) is 5. The van der Waals surface area contributed by atoms with E-state index in [1.54, 1.807) is 6.07 Å². The lowest BCUT2D eigenvalue weighted by Gasteiger charge is -2.38. The standard InChI is InChI=1S/C19H18ClN3O3/c20-16-3-1-15(2-4-16)19(7-9-26-10-8-19)13-22-18-6-5-17(23(24)25)11-14(18)12-21/h1-6,11,22H,7-10,13H2. The van der Waals surface area contributed by atoms with E-state index in [1.807, 2.05) is 30.3 Å². The van der Waals surface area contributed by atoms with E-state index in [0.717, 1.165) is 18.4 Å². The molecule has 7 heteroatoms. The molecule has 2 aromatic carbocycles. The van der Waals surface area contributed by atoms with Gasteiger partial charge in [-0.2, -0.15) is 5.26 Å². The van der Waals surface area contributed by atoms with Gasteiger partial charge < -0.3 is 10.1 Å². The van der Waals surface area contributed by atoms with Crippen LogP contribution in [0, 0.1) is 21.4 Å². The van der Waals surface area contributed by atoms with Gasteiger partial charge in [-0.3, -0.25) is 10.1 Å². The second-order valence-electron chi connectivity index (χ2n) is 6.35. The highest BCUT2D eigenvalue weighted by Crippen LogP contribution is 2.36. The van der Waals surface area contributed by atoms with Crippen molar-refractivity contribution in [3.05, 3.63) is 68.7 Å². The second kappa shape index (κ2) is 7.73. The number of nitriles is 1. The van der Waals surface area contributed by atoms with Crippen LogP contribution in [0.25, 0.3) is 0 Å². The molecule has 0 amide bonds. The quantitative estimate of drug-likeness (QED) is 0.626. The lowest BCUT2D eigenvalue weighted by atomic mass is 9.74. The van der Waals surface area contributed by atoms with E-state index < -0.39 is 4.92 Å². The van der Waals surface area contributed by atoms with Crippen molar-refractivity contribution < 1.29 is 9.66 Å². The molecular weight excluding hydrogens is 354 g/mol. The molecule has 6 nitrogen and oxygen atoms in total. The van der Waals surface area contributed by atoms with Crippen LogP contribution in [-0.4, -0.2) is 24.7 Å². The van der Waals surface area contributed by atoms with Crippen LogP contribution in [0.5, 0.6) is 0 Å². The van der Waals surface area contributed by atoms with E-state index >= 15 is 0 Å². The Kier molecular flexibility index (Phi) is 5.40. The van der Waals surface area contributed by atoms with E-state index in [9.17, 15) is 15.4 Å². The van der Waals surface area contributed by atoms with Gasteiger partial charge in [0.15, 0.2) is 0 Å². The summed E-state index contributed by atoms with van der Waals surface area (Å²) in [6, 6.07) is 14.1. The summed E-state index contributed by atoms with van der Waals surface area (Å²) in [6.45, 7) is 1.93. The Labute approximate surface area is 156 Å². The largest absolute Gasteiger partial charge is 0.383 e. The van der Waals surface area contributed by atoms with E-state index in [1.165, 1.54) is 12.1 Å². The Morgan fingerprint density at radius 1 is 1.23 bits per heavy atom. The minimum atomic E-state index is -0.502. The maximum Gasteiger partial charge on any atom is 0.270 e. The fraction of sp³-hybridized carbons (Fsp3) is 0.316. The van der Waals surface area contributed by atoms with E-state index in [0.29, 0.717) is 30.5 Å². The number of ether oxygens (including phenoxy) is 1. The lowest BCUT2D eigenvalue weighted by Crippen LogP contribution is -2.40. The number of benzene rings is 2. The Morgan fingerprint density at radius 3 is 2.54 bits per heavy atom. The highest BCUT2D eigenvalue weighted by atomic mass is 35.5. The molecule has 0 saturated carbocycles. The van der Waals surface area contributed by atoms with Gasteiger partial charge in [0, 0.05) is 42.3 Å². The summed E-state index contributed by atoms with van der Waals surface area (Å²) in [5.74, 6) is 0. The molecule has 0 aliphatic carbocycles. The van der Waals surface area contributed by atoms with Gasteiger partial charge in [0.25, 0.3) is 5.69 Å². The maximum atomic E-state index is 10.9. The third-order valence-corrected chi connectivity index (χ3v) is 5.11. The van der Waals surface area contributed by atoms with Crippen molar-refractivity contribution in [2.24, 2.45) is 0 Å². The number of anilines is 1. The van der Waals surface area contributed by atoms with Gasteiger partial charge in [-0.15, -0.1) is 0 Å².